The van der Waals surface area contributed by atoms with Gasteiger partial charge in [0.05, 0.1) is 14.2 Å². The van der Waals surface area contributed by atoms with Crippen molar-refractivity contribution >= 4 is 31.9 Å². The number of rotatable bonds is 10. The Kier molecular flexibility index (Phi) is 8.99. The first kappa shape index (κ1) is 28.1. The van der Waals surface area contributed by atoms with Gasteiger partial charge < -0.3 is 19.7 Å². The lowest BCUT2D eigenvalue weighted by atomic mass is 10.1. The Balaban J connectivity index is 1.71. The van der Waals surface area contributed by atoms with Gasteiger partial charge in [0.2, 0.25) is 0 Å². The molecule has 0 saturated heterocycles. The summed E-state index contributed by atoms with van der Waals surface area (Å²) in [5.41, 5.74) is 3.60. The van der Waals surface area contributed by atoms with E-state index >= 15 is 0 Å². The monoisotopic (exact) mass is 559 g/mol. The number of pyridine rings is 2. The van der Waals surface area contributed by atoms with E-state index in [-0.39, 0.29) is 23.0 Å². The van der Waals surface area contributed by atoms with E-state index < -0.39 is 8.25 Å². The molecule has 2 heterocycles. The lowest BCUT2D eigenvalue weighted by Crippen LogP contribution is -1.93. The van der Waals surface area contributed by atoms with Crippen LogP contribution in [-0.2, 0) is 13.6 Å². The van der Waals surface area contributed by atoms with Crippen molar-refractivity contribution in [1.82, 2.24) is 9.97 Å². The Morgan fingerprint density at radius 1 is 0.750 bits per heavy atom. The first-order valence-corrected chi connectivity index (χ1v) is 13.2. The number of aromatic nitrogens is 2. The van der Waals surface area contributed by atoms with Crippen LogP contribution in [0, 0.1) is 13.8 Å². The summed E-state index contributed by atoms with van der Waals surface area (Å²) in [7, 11) is 0.169. The first-order chi connectivity index (χ1) is 19.3. The number of hydrogen-bond acceptors (Lipinski definition) is 9. The van der Waals surface area contributed by atoms with E-state index in [1.54, 1.807) is 99.3 Å². The summed E-state index contributed by atoms with van der Waals surface area (Å²) in [6, 6.07) is 13.7. The number of ether oxygens (including phenoxy) is 2. The molecule has 2 N–H and O–H groups in total. The molecule has 2 aromatic heterocycles. The molecule has 0 aliphatic heterocycles. The van der Waals surface area contributed by atoms with Crippen molar-refractivity contribution in [3.05, 3.63) is 107 Å². The molecule has 0 aliphatic carbocycles. The van der Waals surface area contributed by atoms with Crippen molar-refractivity contribution in [2.45, 2.75) is 13.8 Å². The van der Waals surface area contributed by atoms with Crippen molar-refractivity contribution in [1.29, 1.82) is 0 Å². The number of hydrogen-bond donors (Lipinski definition) is 2. The third-order valence-corrected chi connectivity index (χ3v) is 6.54. The number of phenols is 2. The van der Waals surface area contributed by atoms with Gasteiger partial charge >= 0.3 is 8.25 Å². The highest BCUT2D eigenvalue weighted by atomic mass is 31.1. The summed E-state index contributed by atoms with van der Waals surface area (Å²) in [4.78, 5) is 8.29. The van der Waals surface area contributed by atoms with Crippen LogP contribution in [-0.4, -0.2) is 34.4 Å². The van der Waals surface area contributed by atoms with Crippen molar-refractivity contribution in [3.8, 4) is 23.0 Å². The second-order valence-corrected chi connectivity index (χ2v) is 9.50. The molecular formula is C30H28N2O7P+. The van der Waals surface area contributed by atoms with E-state index in [0.29, 0.717) is 44.9 Å². The Morgan fingerprint density at radius 2 is 1.18 bits per heavy atom. The fraction of sp³-hybridized carbons (Fsp3) is 0.133. The predicted molar refractivity (Wildman–Crippen MR) is 153 cm³/mol. The average Bonchev–Trinajstić information content (AvgIpc) is 2.96. The molecule has 4 aromatic rings. The van der Waals surface area contributed by atoms with Gasteiger partial charge in [-0.05, 0) is 96.8 Å². The third kappa shape index (κ3) is 6.76. The molecule has 0 radical (unpaired) electrons. The van der Waals surface area contributed by atoms with Crippen LogP contribution in [0.15, 0.2) is 73.3 Å². The molecular weight excluding hydrogens is 531 g/mol. The van der Waals surface area contributed by atoms with Crippen LogP contribution < -0.4 is 9.47 Å². The van der Waals surface area contributed by atoms with Gasteiger partial charge in [0.25, 0.3) is 0 Å². The minimum Gasteiger partial charge on any atom is -0.504 e. The van der Waals surface area contributed by atoms with Crippen molar-refractivity contribution < 1.29 is 33.3 Å². The highest BCUT2D eigenvalue weighted by Crippen LogP contribution is 2.40. The Bertz CT molecular complexity index is 1460. The van der Waals surface area contributed by atoms with E-state index in [9.17, 15) is 14.8 Å². The van der Waals surface area contributed by atoms with Crippen LogP contribution in [0.5, 0.6) is 23.0 Å². The highest BCUT2D eigenvalue weighted by molar-refractivity contribution is 7.34. The third-order valence-electron chi connectivity index (χ3n) is 5.85. The zero-order valence-electron chi connectivity index (χ0n) is 22.4. The Labute approximate surface area is 233 Å². The van der Waals surface area contributed by atoms with E-state index in [0.717, 1.165) is 0 Å². The molecule has 204 valence electrons. The summed E-state index contributed by atoms with van der Waals surface area (Å²) in [6.45, 7) is 3.49. The van der Waals surface area contributed by atoms with Gasteiger partial charge in [-0.25, -0.2) is 9.05 Å². The van der Waals surface area contributed by atoms with Crippen molar-refractivity contribution in [2.75, 3.05) is 14.2 Å². The SMILES string of the molecule is COc1cc(/C=C(/O[P+](=O)O/C(=C/c2cc(C)c(O)c(OC)c2)c2cccnc2)c2cccnc2)cc(C)c1O. The van der Waals surface area contributed by atoms with Gasteiger partial charge in [0, 0.05) is 40.5 Å². The van der Waals surface area contributed by atoms with Crippen molar-refractivity contribution in [2.24, 2.45) is 0 Å². The molecule has 2 aromatic carbocycles. The van der Waals surface area contributed by atoms with Crippen LogP contribution in [0.3, 0.4) is 0 Å². The normalized spacial score (nSPS) is 11.6. The highest BCUT2D eigenvalue weighted by Gasteiger charge is 2.29. The Hall–Kier alpha value is -4.88. The summed E-state index contributed by atoms with van der Waals surface area (Å²) in [5, 5.41) is 20.5. The summed E-state index contributed by atoms with van der Waals surface area (Å²) in [5.74, 6) is 1.11. The van der Waals surface area contributed by atoms with E-state index in [4.69, 9.17) is 18.5 Å². The number of aromatic hydroxyl groups is 2. The van der Waals surface area contributed by atoms with Gasteiger partial charge in [-0.1, -0.05) is 0 Å². The molecule has 0 amide bonds. The van der Waals surface area contributed by atoms with E-state index in [1.165, 1.54) is 14.2 Å². The maximum atomic E-state index is 13.3. The van der Waals surface area contributed by atoms with Gasteiger partial charge in [-0.3, -0.25) is 9.97 Å². The fourth-order valence-corrected chi connectivity index (χ4v) is 4.52. The molecule has 10 heteroatoms. The lowest BCUT2D eigenvalue weighted by molar-refractivity contribution is 0.371. The minimum atomic E-state index is -2.75. The number of methoxy groups -OCH3 is 2. The summed E-state index contributed by atoms with van der Waals surface area (Å²) < 4.78 is 35.6. The topological polar surface area (TPSA) is 120 Å². The number of benzene rings is 2. The molecule has 9 nitrogen and oxygen atoms in total. The molecule has 0 spiro atoms. The smallest absolute Gasteiger partial charge is 0.504 e. The zero-order chi connectivity index (χ0) is 28.6. The molecule has 0 aliphatic rings. The Morgan fingerprint density at radius 3 is 1.52 bits per heavy atom. The minimum absolute atomic E-state index is 0.0326. The average molecular weight is 560 g/mol. The van der Waals surface area contributed by atoms with Crippen LogP contribution in [0.25, 0.3) is 23.7 Å². The predicted octanol–water partition coefficient (Wildman–Crippen LogP) is 6.91. The standard InChI is InChI=1S/C30H27N2O7P/c1-19-11-21(15-27(36-3)29(19)33)13-25(23-7-5-9-31-17-23)38-40(35)39-26(24-8-6-10-32-18-24)14-22-12-20(2)30(34)28(16-22)37-4/h5-18H,1-4H3,(H-,33,34)/p+1/b25-13+,26-14+. The summed E-state index contributed by atoms with van der Waals surface area (Å²) >= 11 is 0. The van der Waals surface area contributed by atoms with Gasteiger partial charge in [0.15, 0.2) is 34.5 Å². The largest absolute Gasteiger partial charge is 0.805 e. The van der Waals surface area contributed by atoms with Gasteiger partial charge in [-0.15, -0.1) is 0 Å². The van der Waals surface area contributed by atoms with Crippen LogP contribution in [0.1, 0.15) is 33.4 Å². The molecule has 0 bridgehead atoms. The number of nitrogens with zero attached hydrogens (tertiary/aromatic N) is 2. The first-order valence-electron chi connectivity index (χ1n) is 12.1. The quantitative estimate of drug-likeness (QED) is 0.158. The van der Waals surface area contributed by atoms with E-state index in [2.05, 4.69) is 9.97 Å². The van der Waals surface area contributed by atoms with E-state index in [1.807, 2.05) is 0 Å². The molecule has 0 atom stereocenters. The van der Waals surface area contributed by atoms with Gasteiger partial charge in [0.1, 0.15) is 0 Å². The molecule has 4 rings (SSSR count). The molecule has 0 unspecified atom stereocenters. The fourth-order valence-electron chi connectivity index (χ4n) is 3.85. The summed E-state index contributed by atoms with van der Waals surface area (Å²) in [6.07, 6.45) is 9.69. The zero-order valence-corrected chi connectivity index (χ0v) is 23.3. The lowest BCUT2D eigenvalue weighted by Gasteiger charge is -2.09. The van der Waals surface area contributed by atoms with Crippen molar-refractivity contribution in [3.63, 3.8) is 0 Å². The maximum absolute atomic E-state index is 13.3. The molecule has 0 saturated carbocycles. The number of aryl methyl sites for hydroxylation is 2. The second-order valence-electron chi connectivity index (χ2n) is 8.68. The van der Waals surface area contributed by atoms with Crippen LogP contribution in [0.4, 0.5) is 0 Å². The number of phenolic OH excluding ortho intramolecular Hbond substituents is 2. The van der Waals surface area contributed by atoms with Crippen LogP contribution >= 0.6 is 8.25 Å². The second kappa shape index (κ2) is 12.8. The molecule has 40 heavy (non-hydrogen) atoms. The molecule has 0 fully saturated rings. The van der Waals surface area contributed by atoms with Crippen LogP contribution in [0.2, 0.25) is 0 Å². The maximum Gasteiger partial charge on any atom is 0.805 e. The van der Waals surface area contributed by atoms with Gasteiger partial charge in [-0.2, -0.15) is 0 Å².